The van der Waals surface area contributed by atoms with E-state index in [0.29, 0.717) is 19.5 Å². The summed E-state index contributed by atoms with van der Waals surface area (Å²) >= 11 is 0. The minimum Gasteiger partial charge on any atom is -0.480 e. The van der Waals surface area contributed by atoms with Crippen molar-refractivity contribution in [3.63, 3.8) is 0 Å². The van der Waals surface area contributed by atoms with E-state index in [-0.39, 0.29) is 53.6 Å². The second kappa shape index (κ2) is 24.0. The Morgan fingerprint density at radius 3 is 1.52 bits per heavy atom. The van der Waals surface area contributed by atoms with Crippen LogP contribution in [0.3, 0.4) is 0 Å². The number of non-ortho nitro benzene ring substituents is 2. The van der Waals surface area contributed by atoms with Crippen LogP contribution in [0.25, 0.3) is 0 Å². The van der Waals surface area contributed by atoms with Gasteiger partial charge < -0.3 is 30.9 Å². The number of nitrogens with zero attached hydrogens (tertiary/aromatic N) is 4. The molecular weight excluding hydrogens is 851 g/mol. The minimum atomic E-state index is -1.26. The summed E-state index contributed by atoms with van der Waals surface area (Å²) in [4.78, 5) is 96.1. The molecule has 18 nitrogen and oxygen atoms in total. The van der Waals surface area contributed by atoms with E-state index in [1.165, 1.54) is 0 Å². The molecule has 3 aromatic rings. The molecule has 0 saturated carbocycles. The number of nitrogens with one attached hydrogen (secondary N) is 3. The maximum absolute atomic E-state index is 12.6. The zero-order valence-electron chi connectivity index (χ0n) is 39.7. The lowest BCUT2D eigenvalue weighted by molar-refractivity contribution is -0.394. The molecule has 4 N–H and O–H groups in total. The fourth-order valence-corrected chi connectivity index (χ4v) is 7.82. The molecule has 0 aliphatic carbocycles. The normalized spacial score (nSPS) is 15.9. The van der Waals surface area contributed by atoms with Crippen LogP contribution in [0.4, 0.5) is 22.7 Å². The van der Waals surface area contributed by atoms with Crippen LogP contribution in [0.15, 0.2) is 54.6 Å². The van der Waals surface area contributed by atoms with Gasteiger partial charge in [0, 0.05) is 48.4 Å². The van der Waals surface area contributed by atoms with Gasteiger partial charge in [-0.1, -0.05) is 53.7 Å². The Balaban J connectivity index is 0.000000263. The van der Waals surface area contributed by atoms with Crippen molar-refractivity contribution in [1.29, 1.82) is 0 Å². The first-order valence-electron chi connectivity index (χ1n) is 22.2. The molecule has 5 rings (SSSR count). The number of carbonyl (C=O) groups is 6. The third kappa shape index (κ3) is 16.1. The first-order chi connectivity index (χ1) is 30.8. The smallest absolute Gasteiger partial charge is 0.326 e. The molecule has 0 radical (unpaired) electrons. The number of benzene rings is 3. The molecule has 2 saturated heterocycles. The predicted octanol–water partition coefficient (Wildman–Crippen LogP) is 8.04. The van der Waals surface area contributed by atoms with Gasteiger partial charge in [0.2, 0.25) is 23.6 Å². The molecule has 3 atom stereocenters. The van der Waals surface area contributed by atoms with Crippen LogP contribution >= 0.6 is 0 Å². The molecule has 2 aliphatic rings. The van der Waals surface area contributed by atoms with E-state index in [4.69, 9.17) is 5.11 Å². The van der Waals surface area contributed by atoms with Gasteiger partial charge >= 0.3 is 5.97 Å². The number of hydrogen-bond acceptors (Lipinski definition) is 10. The Morgan fingerprint density at radius 1 is 0.712 bits per heavy atom. The van der Waals surface area contributed by atoms with Gasteiger partial charge in [0.1, 0.15) is 18.1 Å². The van der Waals surface area contributed by atoms with E-state index in [1.807, 2.05) is 79.7 Å². The van der Waals surface area contributed by atoms with Gasteiger partial charge in [-0.05, 0) is 119 Å². The van der Waals surface area contributed by atoms with Crippen LogP contribution in [0.1, 0.15) is 119 Å². The first-order valence-corrected chi connectivity index (χ1v) is 22.2. The molecule has 0 bridgehead atoms. The van der Waals surface area contributed by atoms with Crippen LogP contribution in [-0.4, -0.2) is 91.5 Å². The lowest BCUT2D eigenvalue weighted by atomic mass is 9.94. The van der Waals surface area contributed by atoms with Crippen molar-refractivity contribution in [3.05, 3.63) is 103 Å². The predicted molar refractivity (Wildman–Crippen MR) is 251 cm³/mol. The van der Waals surface area contributed by atoms with Gasteiger partial charge in [-0.15, -0.1) is 0 Å². The number of anilines is 2. The Kier molecular flexibility index (Phi) is 19.5. The van der Waals surface area contributed by atoms with Crippen molar-refractivity contribution in [2.24, 2.45) is 11.3 Å². The number of nitro groups is 2. The maximum Gasteiger partial charge on any atom is 0.326 e. The maximum atomic E-state index is 12.6. The second-order valence-corrected chi connectivity index (χ2v) is 18.4. The van der Waals surface area contributed by atoms with Crippen molar-refractivity contribution in [2.45, 2.75) is 132 Å². The highest BCUT2D eigenvalue weighted by Crippen LogP contribution is 2.27. The number of hydrogen-bond donors (Lipinski definition) is 4. The zero-order chi connectivity index (χ0) is 49.6. The SMILES string of the molecule is CC(C)CC(NC(=O)c1cc([N+](=O)[O-])cc([N+](=O)[O-])c1)C(=O)O.CCCC(=O)N1CCC[C@H]1C(=O)Nc1cc(C)cc(C)c1.Cc1cc(C)cc(NC(=O)[C@@H]2CCCN2C(=O)C(C)(C)C)c1. The van der Waals surface area contributed by atoms with Gasteiger partial charge in [0.15, 0.2) is 0 Å². The Bertz CT molecular complexity index is 2220. The lowest BCUT2D eigenvalue weighted by Gasteiger charge is -2.30. The summed E-state index contributed by atoms with van der Waals surface area (Å²) in [5.74, 6) is -2.21. The number of carboxylic acid groups (broad SMARTS) is 1. The van der Waals surface area contributed by atoms with Crippen LogP contribution in [-0.2, 0) is 24.0 Å². The van der Waals surface area contributed by atoms with E-state index in [2.05, 4.69) is 28.1 Å². The van der Waals surface area contributed by atoms with Crippen molar-refractivity contribution in [2.75, 3.05) is 23.7 Å². The summed E-state index contributed by atoms with van der Waals surface area (Å²) in [6.45, 7) is 20.6. The lowest BCUT2D eigenvalue weighted by Crippen LogP contribution is -2.47. The van der Waals surface area contributed by atoms with Crippen molar-refractivity contribution in [3.8, 4) is 0 Å². The van der Waals surface area contributed by atoms with Crippen molar-refractivity contribution >= 4 is 58.3 Å². The van der Waals surface area contributed by atoms with E-state index in [9.17, 15) is 49.0 Å². The van der Waals surface area contributed by atoms with E-state index in [1.54, 1.807) is 23.6 Å². The summed E-state index contributed by atoms with van der Waals surface area (Å²) in [7, 11) is 0. The molecule has 0 spiro atoms. The number of rotatable bonds is 13. The largest absolute Gasteiger partial charge is 0.480 e. The van der Waals surface area contributed by atoms with Gasteiger partial charge in [0.05, 0.1) is 21.5 Å². The number of aryl methyl sites for hydroxylation is 4. The number of amides is 5. The number of carboxylic acids is 1. The molecule has 3 aromatic carbocycles. The standard InChI is InChI=1S/C18H26N2O2.C17H24N2O2.C13H15N3O7/c1-12-9-13(2)11-14(10-12)19-16(21)15-7-6-8-20(15)17(22)18(3,4)5;1-4-6-16(20)19-8-5-7-15(19)17(21)18-14-10-12(2)9-13(3)11-14;1-7(2)3-11(13(18)19)14-12(17)8-4-9(15(20)21)6-10(5-8)16(22)23/h9-11,15H,6-8H2,1-5H3,(H,19,21);9-11,15H,4-8H2,1-3H3,(H,18,21);4-7,11H,3H2,1-2H3,(H,14,17)(H,18,19)/t2*15-;/m00./s1. The Hall–Kier alpha value is -6.72. The molecule has 66 heavy (non-hydrogen) atoms. The molecule has 18 heteroatoms. The first kappa shape index (κ1) is 53.6. The summed E-state index contributed by atoms with van der Waals surface area (Å²) in [5.41, 5.74) is 4.04. The Labute approximate surface area is 386 Å². The highest BCUT2D eigenvalue weighted by atomic mass is 16.6. The fraction of sp³-hybridized carbons (Fsp3) is 0.500. The van der Waals surface area contributed by atoms with E-state index < -0.39 is 44.6 Å². The topological polar surface area (TPSA) is 251 Å². The number of likely N-dealkylation sites (tertiary alicyclic amines) is 2. The molecular formula is C48H65N7O11. The Morgan fingerprint density at radius 2 is 1.14 bits per heavy atom. The monoisotopic (exact) mass is 915 g/mol. The molecule has 2 aliphatic heterocycles. The molecule has 358 valence electrons. The van der Waals surface area contributed by atoms with E-state index >= 15 is 0 Å². The molecule has 2 heterocycles. The molecule has 5 amide bonds. The summed E-state index contributed by atoms with van der Waals surface area (Å²) in [6.07, 6.45) is 4.77. The van der Waals surface area contributed by atoms with Gasteiger partial charge in [-0.2, -0.15) is 0 Å². The van der Waals surface area contributed by atoms with Crippen LogP contribution in [0, 0.1) is 59.3 Å². The molecule has 2 fully saturated rings. The summed E-state index contributed by atoms with van der Waals surface area (Å²) < 4.78 is 0. The summed E-state index contributed by atoms with van der Waals surface area (Å²) in [5, 5.41) is 38.8. The van der Waals surface area contributed by atoms with Crippen LogP contribution in [0.5, 0.6) is 0 Å². The van der Waals surface area contributed by atoms with Gasteiger partial charge in [0.25, 0.3) is 17.3 Å². The molecule has 1 unspecified atom stereocenters. The van der Waals surface area contributed by atoms with Crippen molar-refractivity contribution in [1.82, 2.24) is 15.1 Å². The average molecular weight is 916 g/mol. The number of nitro benzene ring substituents is 2. The van der Waals surface area contributed by atoms with Crippen LogP contribution in [0.2, 0.25) is 0 Å². The zero-order valence-corrected chi connectivity index (χ0v) is 39.7. The number of carbonyl (C=O) groups excluding carboxylic acids is 5. The highest BCUT2D eigenvalue weighted by Gasteiger charge is 2.39. The van der Waals surface area contributed by atoms with E-state index in [0.717, 1.165) is 83.9 Å². The fourth-order valence-electron chi connectivity index (χ4n) is 7.82. The quantitative estimate of drug-likeness (QED) is 0.0943. The second-order valence-electron chi connectivity index (χ2n) is 18.4. The highest BCUT2D eigenvalue weighted by molar-refractivity contribution is 5.99. The average Bonchev–Trinajstić information content (AvgIpc) is 3.91. The van der Waals surface area contributed by atoms with Crippen molar-refractivity contribution < 1.29 is 43.7 Å². The van der Waals surface area contributed by atoms with Crippen LogP contribution < -0.4 is 16.0 Å². The molecule has 0 aromatic heterocycles. The van der Waals surface area contributed by atoms with Gasteiger partial charge in [-0.3, -0.25) is 44.2 Å². The summed E-state index contributed by atoms with van der Waals surface area (Å²) in [6, 6.07) is 12.5. The third-order valence-electron chi connectivity index (χ3n) is 10.7. The third-order valence-corrected chi connectivity index (χ3v) is 10.7. The van der Waals surface area contributed by atoms with Gasteiger partial charge in [-0.25, -0.2) is 4.79 Å². The number of aliphatic carboxylic acids is 1. The minimum absolute atomic E-state index is 0.0177.